The molecule has 7 heavy (non-hydrogen) atoms. The van der Waals surface area contributed by atoms with Gasteiger partial charge in [0.05, 0.1) is 0 Å². The van der Waals surface area contributed by atoms with E-state index in [-0.39, 0.29) is 61.1 Å². The van der Waals surface area contributed by atoms with Crippen molar-refractivity contribution in [2.45, 2.75) is 19.8 Å². The van der Waals surface area contributed by atoms with Gasteiger partial charge in [-0.05, 0) is 6.42 Å². The number of hydrogen-bond acceptors (Lipinski definition) is 0. The van der Waals surface area contributed by atoms with Gasteiger partial charge < -0.3 is 1.43 Å². The van der Waals surface area contributed by atoms with Gasteiger partial charge in [-0.2, -0.15) is 0 Å². The second-order valence-electron chi connectivity index (χ2n) is 1.04. The minimum atomic E-state index is 0. The van der Waals surface area contributed by atoms with E-state index in [0.29, 0.717) is 0 Å². The molecule has 0 nitrogen and oxygen atoms in total. The van der Waals surface area contributed by atoms with Crippen molar-refractivity contribution in [1.82, 2.24) is 0 Å². The normalized spacial score (nSPS) is 6.00. The van der Waals surface area contributed by atoms with Crippen LogP contribution in [-0.4, -0.2) is 5.88 Å². The fourth-order valence-corrected chi connectivity index (χ4v) is 0.401. The van der Waals surface area contributed by atoms with Crippen LogP contribution in [0.15, 0.2) is 0 Å². The summed E-state index contributed by atoms with van der Waals surface area (Å²) >= 11 is 5.30. The molecule has 0 atom stereocenters. The molecular formula is C4H10ClLiNd. The summed E-state index contributed by atoms with van der Waals surface area (Å²) in [4.78, 5) is 0. The molecule has 0 aliphatic carbocycles. The minimum Gasteiger partial charge on any atom is -1.00 e. The summed E-state index contributed by atoms with van der Waals surface area (Å²) in [5.74, 6) is 0.816. The maximum absolute atomic E-state index is 5.30. The Hall–Kier alpha value is 2.24. The fourth-order valence-electron chi connectivity index (χ4n) is 0.134. The largest absolute Gasteiger partial charge is 1.00 e. The van der Waals surface area contributed by atoms with Crippen LogP contribution < -0.4 is 18.9 Å². The predicted molar refractivity (Wildman–Crippen MR) is 26.7 cm³/mol. The van der Waals surface area contributed by atoms with E-state index >= 15 is 0 Å². The Labute approximate surface area is 96.9 Å². The van der Waals surface area contributed by atoms with Crippen LogP contribution in [0.1, 0.15) is 21.2 Å². The third-order valence-corrected chi connectivity index (χ3v) is 0.754. The summed E-state index contributed by atoms with van der Waals surface area (Å²) in [5, 5.41) is 0. The molecule has 0 aliphatic heterocycles. The van der Waals surface area contributed by atoms with Gasteiger partial charge >= 0.3 is 18.9 Å². The molecule has 38 valence electrons. The first-order valence-electron chi connectivity index (χ1n) is 1.97. The first-order chi connectivity index (χ1) is 2.41. The van der Waals surface area contributed by atoms with E-state index in [1.807, 2.05) is 0 Å². The van der Waals surface area contributed by atoms with Crippen LogP contribution >= 0.6 is 11.6 Å². The average molecular weight is 245 g/mol. The van der Waals surface area contributed by atoms with E-state index in [4.69, 9.17) is 11.6 Å². The standard InChI is InChI=1S/C4H9Cl.Li.Nd.H/c1-2-3-4-5;;;/h2-4H2,1H3;;;/q;+1;;-1. The van der Waals surface area contributed by atoms with Crippen LogP contribution in [0.4, 0.5) is 0 Å². The van der Waals surface area contributed by atoms with Gasteiger partial charge in [-0.3, -0.25) is 0 Å². The first kappa shape index (κ1) is 16.1. The first-order valence-corrected chi connectivity index (χ1v) is 2.51. The molecule has 0 heterocycles. The molecule has 0 radical (unpaired) electrons. The van der Waals surface area contributed by atoms with Gasteiger partial charge in [0.15, 0.2) is 0 Å². The molecule has 0 unspecified atom stereocenters. The van der Waals surface area contributed by atoms with Crippen molar-refractivity contribution in [3.63, 3.8) is 0 Å². The second-order valence-corrected chi connectivity index (χ2v) is 1.42. The average Bonchev–Trinajstić information content (AvgIpc) is 1.41. The maximum atomic E-state index is 5.30. The van der Waals surface area contributed by atoms with Gasteiger partial charge in [0.2, 0.25) is 0 Å². The van der Waals surface area contributed by atoms with Crippen molar-refractivity contribution >= 4 is 11.6 Å². The number of halogens is 1. The summed E-state index contributed by atoms with van der Waals surface area (Å²) in [6.07, 6.45) is 2.37. The topological polar surface area (TPSA) is 0 Å². The van der Waals surface area contributed by atoms with E-state index in [1.165, 1.54) is 6.42 Å². The van der Waals surface area contributed by atoms with E-state index in [0.717, 1.165) is 12.3 Å². The van der Waals surface area contributed by atoms with E-state index in [1.54, 1.807) is 0 Å². The van der Waals surface area contributed by atoms with Crippen molar-refractivity contribution in [2.75, 3.05) is 5.88 Å². The third kappa shape index (κ3) is 17.8. The van der Waals surface area contributed by atoms with Crippen molar-refractivity contribution in [1.29, 1.82) is 0 Å². The van der Waals surface area contributed by atoms with Crippen molar-refractivity contribution in [3.8, 4) is 0 Å². The molecule has 0 saturated heterocycles. The number of unbranched alkanes of at least 4 members (excludes halogenated alkanes) is 1. The van der Waals surface area contributed by atoms with E-state index in [2.05, 4.69) is 6.92 Å². The fraction of sp³-hybridized carbons (Fsp3) is 1.00. The zero-order valence-electron chi connectivity index (χ0n) is 6.00. The van der Waals surface area contributed by atoms with Gasteiger partial charge in [0, 0.05) is 46.7 Å². The molecule has 0 aromatic heterocycles. The monoisotopic (exact) mass is 242 g/mol. The van der Waals surface area contributed by atoms with E-state index in [9.17, 15) is 0 Å². The number of rotatable bonds is 2. The van der Waals surface area contributed by atoms with Crippen LogP contribution in [-0.2, 0) is 0 Å². The smallest absolute Gasteiger partial charge is 1.00 e. The molecule has 0 fully saturated rings. The van der Waals surface area contributed by atoms with Crippen LogP contribution in [0, 0.1) is 40.8 Å². The van der Waals surface area contributed by atoms with Crippen LogP contribution in [0.5, 0.6) is 0 Å². The SMILES string of the molecule is CCCCCl.[H-].[Li+].[Nd]. The maximum Gasteiger partial charge on any atom is 1.00 e. The summed E-state index contributed by atoms with van der Waals surface area (Å²) < 4.78 is 0. The molecular weight excluding hydrogens is 235 g/mol. The van der Waals surface area contributed by atoms with Crippen molar-refractivity contribution < 1.29 is 61.1 Å². The quantitative estimate of drug-likeness (QED) is 0.438. The van der Waals surface area contributed by atoms with Gasteiger partial charge in [-0.15, -0.1) is 11.6 Å². The Morgan fingerprint density at radius 2 is 2.00 bits per heavy atom. The molecule has 0 N–H and O–H groups in total. The summed E-state index contributed by atoms with van der Waals surface area (Å²) in [6, 6.07) is 0. The van der Waals surface area contributed by atoms with Crippen LogP contribution in [0.2, 0.25) is 0 Å². The zero-order valence-corrected chi connectivity index (χ0v) is 8.96. The van der Waals surface area contributed by atoms with Gasteiger partial charge in [-0.25, -0.2) is 0 Å². The predicted octanol–water partition coefficient (Wildman–Crippen LogP) is -0.858. The summed E-state index contributed by atoms with van der Waals surface area (Å²) in [6.45, 7) is 2.13. The van der Waals surface area contributed by atoms with Gasteiger partial charge in [0.25, 0.3) is 0 Å². The van der Waals surface area contributed by atoms with Crippen LogP contribution in [0.3, 0.4) is 0 Å². The van der Waals surface area contributed by atoms with Crippen molar-refractivity contribution in [2.24, 2.45) is 0 Å². The van der Waals surface area contributed by atoms with E-state index < -0.39 is 0 Å². The molecule has 0 spiro atoms. The molecule has 0 aromatic rings. The third-order valence-electron chi connectivity index (χ3n) is 0.487. The molecule has 0 rings (SSSR count). The van der Waals surface area contributed by atoms with Gasteiger partial charge in [-0.1, -0.05) is 13.3 Å². The van der Waals surface area contributed by atoms with Crippen LogP contribution in [0.25, 0.3) is 0 Å². The minimum absolute atomic E-state index is 0. The molecule has 0 amide bonds. The van der Waals surface area contributed by atoms with Crippen molar-refractivity contribution in [3.05, 3.63) is 0 Å². The summed E-state index contributed by atoms with van der Waals surface area (Å²) in [5.41, 5.74) is 0. The Morgan fingerprint density at radius 1 is 1.57 bits per heavy atom. The molecule has 0 saturated carbocycles. The number of alkyl halides is 1. The Bertz CT molecular complexity index is 23.5. The number of hydrogen-bond donors (Lipinski definition) is 0. The molecule has 0 aromatic carbocycles. The molecule has 0 aliphatic rings. The second kappa shape index (κ2) is 15.7. The molecule has 3 heteroatoms. The summed E-state index contributed by atoms with van der Waals surface area (Å²) in [7, 11) is 0. The Kier molecular flexibility index (Phi) is 36.2. The zero-order chi connectivity index (χ0) is 4.12. The molecule has 0 bridgehead atoms. The Morgan fingerprint density at radius 3 is 2.00 bits per heavy atom. The van der Waals surface area contributed by atoms with Gasteiger partial charge in [0.1, 0.15) is 0 Å². The Balaban J connectivity index is -0.0000000267.